The first kappa shape index (κ1) is 12.9. The molecule has 0 amide bonds. The van der Waals surface area contributed by atoms with Crippen LogP contribution in [0.15, 0.2) is 36.4 Å². The molecule has 0 atom stereocenters. The molecule has 1 aliphatic carbocycles. The molecule has 1 heterocycles. The van der Waals surface area contributed by atoms with Crippen molar-refractivity contribution < 1.29 is 0 Å². The number of anilines is 2. The number of hydrogen-bond donors (Lipinski definition) is 1. The summed E-state index contributed by atoms with van der Waals surface area (Å²) in [5.74, 6) is 2.71. The molecule has 1 fully saturated rings. The van der Waals surface area contributed by atoms with Crippen LogP contribution in [0.5, 0.6) is 0 Å². The standard InChI is InChI=1S/C16H20N4/c1-12-17-15(19-14-8-9-14)10-16(18-12)20(2)11-13-6-4-3-5-7-13/h3-7,10,14H,8-9,11H2,1-2H3,(H,17,18,19). The minimum Gasteiger partial charge on any atom is -0.367 e. The molecule has 0 saturated heterocycles. The van der Waals surface area contributed by atoms with Crippen LogP contribution in [-0.4, -0.2) is 23.1 Å². The Hall–Kier alpha value is -2.10. The number of nitrogens with zero attached hydrogens (tertiary/aromatic N) is 3. The summed E-state index contributed by atoms with van der Waals surface area (Å²) >= 11 is 0. The second-order valence-corrected chi connectivity index (χ2v) is 5.42. The molecule has 4 heteroatoms. The van der Waals surface area contributed by atoms with E-state index in [-0.39, 0.29) is 0 Å². The molecular weight excluding hydrogens is 248 g/mol. The highest BCUT2D eigenvalue weighted by atomic mass is 15.2. The van der Waals surface area contributed by atoms with Gasteiger partial charge in [0, 0.05) is 25.7 Å². The van der Waals surface area contributed by atoms with Gasteiger partial charge in [-0.15, -0.1) is 0 Å². The highest BCUT2D eigenvalue weighted by Gasteiger charge is 2.21. The number of rotatable bonds is 5. The van der Waals surface area contributed by atoms with Gasteiger partial charge >= 0.3 is 0 Å². The minimum atomic E-state index is 0.608. The molecule has 104 valence electrons. The summed E-state index contributed by atoms with van der Waals surface area (Å²) in [6.07, 6.45) is 2.50. The molecule has 0 bridgehead atoms. The van der Waals surface area contributed by atoms with Crippen LogP contribution in [-0.2, 0) is 6.54 Å². The van der Waals surface area contributed by atoms with E-state index in [2.05, 4.69) is 51.5 Å². The van der Waals surface area contributed by atoms with Crippen molar-refractivity contribution in [2.75, 3.05) is 17.3 Å². The van der Waals surface area contributed by atoms with Gasteiger partial charge in [0.05, 0.1) is 0 Å². The van der Waals surface area contributed by atoms with Gasteiger partial charge < -0.3 is 10.2 Å². The highest BCUT2D eigenvalue weighted by molar-refractivity contribution is 5.50. The Balaban J connectivity index is 1.76. The fraction of sp³-hybridized carbons (Fsp3) is 0.375. The van der Waals surface area contributed by atoms with E-state index in [1.807, 2.05) is 19.1 Å². The van der Waals surface area contributed by atoms with Crippen LogP contribution in [0.25, 0.3) is 0 Å². The number of hydrogen-bond acceptors (Lipinski definition) is 4. The van der Waals surface area contributed by atoms with Gasteiger partial charge in [-0.3, -0.25) is 0 Å². The molecule has 3 rings (SSSR count). The SMILES string of the molecule is Cc1nc(NC2CC2)cc(N(C)Cc2ccccc2)n1. The molecule has 0 aliphatic heterocycles. The largest absolute Gasteiger partial charge is 0.367 e. The highest BCUT2D eigenvalue weighted by Crippen LogP contribution is 2.25. The third-order valence-corrected chi connectivity index (χ3v) is 3.41. The molecule has 0 unspecified atom stereocenters. The first-order chi connectivity index (χ1) is 9.70. The summed E-state index contributed by atoms with van der Waals surface area (Å²) in [6.45, 7) is 2.79. The van der Waals surface area contributed by atoms with E-state index in [0.29, 0.717) is 6.04 Å². The quantitative estimate of drug-likeness (QED) is 0.905. The Bertz CT molecular complexity index is 578. The molecule has 1 N–H and O–H groups in total. The van der Waals surface area contributed by atoms with E-state index in [1.54, 1.807) is 0 Å². The number of benzene rings is 1. The zero-order valence-electron chi connectivity index (χ0n) is 12.0. The molecule has 0 spiro atoms. The first-order valence-corrected chi connectivity index (χ1v) is 7.08. The van der Waals surface area contributed by atoms with Crippen LogP contribution in [0.3, 0.4) is 0 Å². The van der Waals surface area contributed by atoms with Gasteiger partial charge in [0.1, 0.15) is 17.5 Å². The van der Waals surface area contributed by atoms with Crippen molar-refractivity contribution >= 4 is 11.6 Å². The van der Waals surface area contributed by atoms with Gasteiger partial charge in [-0.1, -0.05) is 30.3 Å². The van der Waals surface area contributed by atoms with Gasteiger partial charge in [-0.25, -0.2) is 9.97 Å². The van der Waals surface area contributed by atoms with E-state index >= 15 is 0 Å². The van der Waals surface area contributed by atoms with E-state index in [4.69, 9.17) is 0 Å². The summed E-state index contributed by atoms with van der Waals surface area (Å²) in [5.41, 5.74) is 1.28. The molecule has 0 radical (unpaired) electrons. The molecule has 1 aromatic carbocycles. The van der Waals surface area contributed by atoms with Crippen LogP contribution in [0.2, 0.25) is 0 Å². The van der Waals surface area contributed by atoms with E-state index in [9.17, 15) is 0 Å². The number of aryl methyl sites for hydroxylation is 1. The van der Waals surface area contributed by atoms with Crippen LogP contribution in [0.1, 0.15) is 24.2 Å². The fourth-order valence-corrected chi connectivity index (χ4v) is 2.20. The van der Waals surface area contributed by atoms with Gasteiger partial charge in [-0.2, -0.15) is 0 Å². The van der Waals surface area contributed by atoms with Gasteiger partial charge in [0.15, 0.2) is 0 Å². The smallest absolute Gasteiger partial charge is 0.134 e. The molecule has 1 aliphatic rings. The summed E-state index contributed by atoms with van der Waals surface area (Å²) in [6, 6.07) is 13.1. The minimum absolute atomic E-state index is 0.608. The number of aromatic nitrogens is 2. The summed E-state index contributed by atoms with van der Waals surface area (Å²) in [5, 5.41) is 3.44. The van der Waals surface area contributed by atoms with Crippen LogP contribution < -0.4 is 10.2 Å². The van der Waals surface area contributed by atoms with Crippen LogP contribution in [0.4, 0.5) is 11.6 Å². The third kappa shape index (κ3) is 3.26. The maximum Gasteiger partial charge on any atom is 0.134 e. The predicted molar refractivity (Wildman–Crippen MR) is 82.0 cm³/mol. The molecule has 1 aromatic heterocycles. The van der Waals surface area contributed by atoms with Crippen molar-refractivity contribution in [1.29, 1.82) is 0 Å². The maximum atomic E-state index is 4.53. The molecule has 4 nitrogen and oxygen atoms in total. The van der Waals surface area contributed by atoms with Gasteiger partial charge in [0.2, 0.25) is 0 Å². The van der Waals surface area contributed by atoms with Crippen LogP contribution >= 0.6 is 0 Å². The van der Waals surface area contributed by atoms with Crippen molar-refractivity contribution in [1.82, 2.24) is 9.97 Å². The van der Waals surface area contributed by atoms with Gasteiger partial charge in [-0.05, 0) is 25.3 Å². The average Bonchev–Trinajstić information content (AvgIpc) is 3.23. The molecule has 1 saturated carbocycles. The third-order valence-electron chi connectivity index (χ3n) is 3.41. The van der Waals surface area contributed by atoms with E-state index < -0.39 is 0 Å². The zero-order chi connectivity index (χ0) is 13.9. The van der Waals surface area contributed by atoms with Crippen molar-refractivity contribution in [2.24, 2.45) is 0 Å². The monoisotopic (exact) mass is 268 g/mol. The Morgan fingerprint density at radius 2 is 1.95 bits per heavy atom. The average molecular weight is 268 g/mol. The van der Waals surface area contributed by atoms with Crippen molar-refractivity contribution in [3.8, 4) is 0 Å². The lowest BCUT2D eigenvalue weighted by Crippen LogP contribution is -2.19. The topological polar surface area (TPSA) is 41.1 Å². The van der Waals surface area contributed by atoms with Gasteiger partial charge in [0.25, 0.3) is 0 Å². The zero-order valence-corrected chi connectivity index (χ0v) is 12.0. The maximum absolute atomic E-state index is 4.53. The lowest BCUT2D eigenvalue weighted by molar-refractivity contribution is 0.878. The summed E-state index contributed by atoms with van der Waals surface area (Å²) < 4.78 is 0. The summed E-state index contributed by atoms with van der Waals surface area (Å²) in [7, 11) is 2.07. The van der Waals surface area contributed by atoms with Crippen molar-refractivity contribution in [2.45, 2.75) is 32.4 Å². The predicted octanol–water partition coefficient (Wildman–Crippen LogP) is 3.00. The Labute approximate surface area is 119 Å². The Kier molecular flexibility index (Phi) is 3.54. The Morgan fingerprint density at radius 1 is 1.20 bits per heavy atom. The lowest BCUT2D eigenvalue weighted by Gasteiger charge is -2.19. The van der Waals surface area contributed by atoms with E-state index in [1.165, 1.54) is 18.4 Å². The summed E-state index contributed by atoms with van der Waals surface area (Å²) in [4.78, 5) is 11.1. The molecule has 20 heavy (non-hydrogen) atoms. The fourth-order valence-electron chi connectivity index (χ4n) is 2.20. The second-order valence-electron chi connectivity index (χ2n) is 5.42. The first-order valence-electron chi connectivity index (χ1n) is 7.08. The number of nitrogens with one attached hydrogen (secondary N) is 1. The normalized spacial score (nSPS) is 14.1. The lowest BCUT2D eigenvalue weighted by atomic mass is 10.2. The molecule has 2 aromatic rings. The van der Waals surface area contributed by atoms with Crippen molar-refractivity contribution in [3.05, 3.63) is 47.8 Å². The second kappa shape index (κ2) is 5.49. The molecular formula is C16H20N4. The Morgan fingerprint density at radius 3 is 2.65 bits per heavy atom. The van der Waals surface area contributed by atoms with E-state index in [0.717, 1.165) is 24.0 Å². The van der Waals surface area contributed by atoms with Crippen LogP contribution in [0, 0.1) is 6.92 Å². The van der Waals surface area contributed by atoms with Crippen molar-refractivity contribution in [3.63, 3.8) is 0 Å².